The van der Waals surface area contributed by atoms with E-state index in [9.17, 15) is 4.79 Å². The zero-order chi connectivity index (χ0) is 10.6. The lowest BCUT2D eigenvalue weighted by molar-refractivity contribution is -0.269. The van der Waals surface area contributed by atoms with E-state index in [4.69, 9.17) is 30.6 Å². The van der Waals surface area contributed by atoms with E-state index in [0.29, 0.717) is 0 Å². The average molecular weight is 196 g/mol. The van der Waals surface area contributed by atoms with Gasteiger partial charge >= 0.3 is 0 Å². The summed E-state index contributed by atoms with van der Waals surface area (Å²) in [5.74, 6) is -2.95. The van der Waals surface area contributed by atoms with Crippen LogP contribution in [0.5, 0.6) is 0 Å². The normalized spacial score (nSPS) is 19.2. The Labute approximate surface area is 73.5 Å². The largest absolute Gasteiger partial charge is 0.391 e. The summed E-state index contributed by atoms with van der Waals surface area (Å²) in [6.07, 6.45) is -6.33. The van der Waals surface area contributed by atoms with Gasteiger partial charge in [0.15, 0.2) is 6.29 Å². The van der Waals surface area contributed by atoms with E-state index >= 15 is 0 Å². The molecular formula is C6H12O7. The summed E-state index contributed by atoms with van der Waals surface area (Å²) in [5.41, 5.74) is 0. The number of aldehydes is 1. The van der Waals surface area contributed by atoms with E-state index in [1.54, 1.807) is 0 Å². The zero-order valence-electron chi connectivity index (χ0n) is 6.61. The first-order valence-electron chi connectivity index (χ1n) is 3.42. The molecule has 7 nitrogen and oxygen atoms in total. The first-order valence-corrected chi connectivity index (χ1v) is 3.42. The molecule has 0 bridgehead atoms. The molecule has 0 aliphatic carbocycles. The lowest BCUT2D eigenvalue weighted by atomic mass is 10.0. The Morgan fingerprint density at radius 3 is 2.00 bits per heavy atom. The summed E-state index contributed by atoms with van der Waals surface area (Å²) >= 11 is 0. The van der Waals surface area contributed by atoms with E-state index in [2.05, 4.69) is 0 Å². The lowest BCUT2D eigenvalue weighted by Crippen LogP contribution is -2.55. The summed E-state index contributed by atoms with van der Waals surface area (Å²) in [5, 5.41) is 52.4. The van der Waals surface area contributed by atoms with Crippen molar-refractivity contribution < 1.29 is 35.4 Å². The van der Waals surface area contributed by atoms with Crippen molar-refractivity contribution in [2.45, 2.75) is 24.1 Å². The van der Waals surface area contributed by atoms with E-state index < -0.39 is 30.7 Å². The predicted molar refractivity (Wildman–Crippen MR) is 38.3 cm³/mol. The predicted octanol–water partition coefficient (Wildman–Crippen LogP) is -4.06. The first kappa shape index (κ1) is 12.4. The molecule has 7 heteroatoms. The van der Waals surface area contributed by atoms with Gasteiger partial charge in [0.25, 0.3) is 0 Å². The van der Waals surface area contributed by atoms with Crippen molar-refractivity contribution in [3.8, 4) is 0 Å². The highest BCUT2D eigenvalue weighted by molar-refractivity contribution is 5.56. The summed E-state index contributed by atoms with van der Waals surface area (Å²) < 4.78 is 0. The fraction of sp³-hybridized carbons (Fsp3) is 0.833. The molecule has 0 aromatic heterocycles. The molecule has 0 spiro atoms. The maximum Gasteiger partial charge on any atom is 0.216 e. The van der Waals surface area contributed by atoms with Crippen molar-refractivity contribution in [1.82, 2.24) is 0 Å². The fourth-order valence-electron chi connectivity index (χ4n) is 0.634. The molecule has 0 aliphatic heterocycles. The van der Waals surface area contributed by atoms with E-state index in [1.807, 2.05) is 0 Å². The average Bonchev–Trinajstić information content (AvgIpc) is 2.14. The van der Waals surface area contributed by atoms with Crippen LogP contribution in [0.4, 0.5) is 0 Å². The van der Waals surface area contributed by atoms with Gasteiger partial charge in [0, 0.05) is 0 Å². The molecule has 0 rings (SSSR count). The van der Waals surface area contributed by atoms with Gasteiger partial charge in [-0.1, -0.05) is 0 Å². The van der Waals surface area contributed by atoms with Crippen LogP contribution >= 0.6 is 0 Å². The lowest BCUT2D eigenvalue weighted by Gasteiger charge is -2.29. The fourth-order valence-corrected chi connectivity index (χ4v) is 0.634. The SMILES string of the molecule is O=C[C@H](O)[C@@H](O)[C@H](O)C(O)(O)CO. The minimum Gasteiger partial charge on any atom is -0.391 e. The molecule has 6 N–H and O–H groups in total. The van der Waals surface area contributed by atoms with Crippen molar-refractivity contribution >= 4 is 6.29 Å². The molecule has 78 valence electrons. The van der Waals surface area contributed by atoms with Crippen LogP contribution < -0.4 is 0 Å². The molecule has 0 fully saturated rings. The van der Waals surface area contributed by atoms with Crippen LogP contribution in [-0.2, 0) is 4.79 Å². The minimum absolute atomic E-state index is 0.0820. The molecule has 0 aliphatic rings. The second-order valence-electron chi connectivity index (χ2n) is 2.60. The first-order chi connectivity index (χ1) is 5.86. The highest BCUT2D eigenvalue weighted by Crippen LogP contribution is 2.11. The zero-order valence-corrected chi connectivity index (χ0v) is 6.61. The van der Waals surface area contributed by atoms with Gasteiger partial charge in [0.2, 0.25) is 5.79 Å². The smallest absolute Gasteiger partial charge is 0.216 e. The number of hydrogen-bond acceptors (Lipinski definition) is 7. The van der Waals surface area contributed by atoms with Crippen LogP contribution in [0, 0.1) is 0 Å². The molecule has 3 atom stereocenters. The monoisotopic (exact) mass is 196 g/mol. The van der Waals surface area contributed by atoms with Crippen LogP contribution in [0.1, 0.15) is 0 Å². The molecule has 0 unspecified atom stereocenters. The maximum absolute atomic E-state index is 9.92. The molecular weight excluding hydrogens is 184 g/mol. The standard InChI is InChI=1S/C6H12O7/c7-1-3(9)4(10)5(11)6(12,13)2-8/h1,3-5,8-13H,2H2/t3-,4+,5-/m0/s1. The third kappa shape index (κ3) is 2.99. The molecule has 13 heavy (non-hydrogen) atoms. The summed E-state index contributed by atoms with van der Waals surface area (Å²) in [7, 11) is 0. The molecule has 0 amide bonds. The molecule has 0 aromatic carbocycles. The Kier molecular flexibility index (Phi) is 4.40. The topological polar surface area (TPSA) is 138 Å². The van der Waals surface area contributed by atoms with E-state index in [-0.39, 0.29) is 6.29 Å². The minimum atomic E-state index is -2.95. The Bertz CT molecular complexity index is 168. The second-order valence-corrected chi connectivity index (χ2v) is 2.60. The van der Waals surface area contributed by atoms with Crippen LogP contribution in [0.15, 0.2) is 0 Å². The molecule has 0 saturated carbocycles. The Hall–Kier alpha value is -0.570. The number of aliphatic hydroxyl groups is 6. The second kappa shape index (κ2) is 4.61. The summed E-state index contributed by atoms with van der Waals surface area (Å²) in [4.78, 5) is 9.92. The Morgan fingerprint density at radius 2 is 1.69 bits per heavy atom. The number of carbonyl (C=O) groups is 1. The number of hydrogen-bond donors (Lipinski definition) is 6. The van der Waals surface area contributed by atoms with Crippen LogP contribution in [-0.4, -0.2) is 67.6 Å². The summed E-state index contributed by atoms with van der Waals surface area (Å²) in [6, 6.07) is 0. The third-order valence-corrected chi connectivity index (χ3v) is 1.52. The summed E-state index contributed by atoms with van der Waals surface area (Å²) in [6.45, 7) is -1.24. The van der Waals surface area contributed by atoms with Crippen LogP contribution in [0.25, 0.3) is 0 Å². The van der Waals surface area contributed by atoms with Gasteiger partial charge in [-0.3, -0.25) is 0 Å². The number of rotatable bonds is 5. The van der Waals surface area contributed by atoms with Crippen molar-refractivity contribution in [1.29, 1.82) is 0 Å². The van der Waals surface area contributed by atoms with Crippen LogP contribution in [0.3, 0.4) is 0 Å². The molecule has 0 radical (unpaired) electrons. The van der Waals surface area contributed by atoms with Gasteiger partial charge in [-0.05, 0) is 0 Å². The van der Waals surface area contributed by atoms with Gasteiger partial charge in [-0.15, -0.1) is 0 Å². The van der Waals surface area contributed by atoms with E-state index in [0.717, 1.165) is 0 Å². The van der Waals surface area contributed by atoms with Gasteiger partial charge in [0.05, 0.1) is 6.61 Å². The maximum atomic E-state index is 9.92. The van der Waals surface area contributed by atoms with Crippen molar-refractivity contribution in [3.63, 3.8) is 0 Å². The number of aliphatic hydroxyl groups excluding tert-OH is 4. The van der Waals surface area contributed by atoms with Crippen molar-refractivity contribution in [2.75, 3.05) is 6.61 Å². The van der Waals surface area contributed by atoms with E-state index in [1.165, 1.54) is 0 Å². The van der Waals surface area contributed by atoms with Crippen molar-refractivity contribution in [2.24, 2.45) is 0 Å². The van der Waals surface area contributed by atoms with Gasteiger partial charge in [0.1, 0.15) is 18.3 Å². The molecule has 0 saturated heterocycles. The number of carbonyl (C=O) groups excluding carboxylic acids is 1. The molecule has 0 heterocycles. The van der Waals surface area contributed by atoms with Gasteiger partial charge < -0.3 is 35.4 Å². The van der Waals surface area contributed by atoms with Crippen molar-refractivity contribution in [3.05, 3.63) is 0 Å². The highest BCUT2D eigenvalue weighted by Gasteiger charge is 2.40. The quantitative estimate of drug-likeness (QED) is 0.194. The molecule has 0 aromatic rings. The Morgan fingerprint density at radius 1 is 1.23 bits per heavy atom. The third-order valence-electron chi connectivity index (χ3n) is 1.52. The van der Waals surface area contributed by atoms with Gasteiger partial charge in [-0.25, -0.2) is 0 Å². The van der Waals surface area contributed by atoms with Gasteiger partial charge in [-0.2, -0.15) is 0 Å². The Balaban J connectivity index is 4.40. The highest BCUT2D eigenvalue weighted by atomic mass is 16.5. The van der Waals surface area contributed by atoms with Crippen LogP contribution in [0.2, 0.25) is 0 Å².